The fourth-order valence-electron chi connectivity index (χ4n) is 0.554. The van der Waals surface area contributed by atoms with E-state index in [9.17, 15) is 0 Å². The van der Waals surface area contributed by atoms with E-state index in [1.165, 1.54) is 0 Å². The minimum absolute atomic E-state index is 1.05. The van der Waals surface area contributed by atoms with Crippen LogP contribution in [-0.2, 0) is 0 Å². The van der Waals surface area contributed by atoms with Gasteiger partial charge >= 0.3 is 0 Å². The van der Waals surface area contributed by atoms with Gasteiger partial charge in [-0.1, -0.05) is 0 Å². The van der Waals surface area contributed by atoms with Gasteiger partial charge in [-0.3, -0.25) is 5.10 Å². The smallest absolute Gasteiger partial charge is 0.163 e. The number of H-pyrrole nitrogens is 1. The molecular formula is C4H7BN2. The van der Waals surface area contributed by atoms with Crippen LogP contribution in [0.3, 0.4) is 0 Å². The van der Waals surface area contributed by atoms with Gasteiger partial charge in [0, 0.05) is 0 Å². The molecule has 1 aromatic heterocycles. The molecule has 0 bridgehead atoms. The normalized spacial score (nSPS) is 9.29. The van der Waals surface area contributed by atoms with Crippen molar-refractivity contribution in [3.05, 3.63) is 11.8 Å². The highest BCUT2D eigenvalue weighted by Gasteiger charge is 1.84. The van der Waals surface area contributed by atoms with Gasteiger partial charge in [-0.05, 0) is 18.6 Å². The molecule has 36 valence electrons. The number of aromatic nitrogens is 2. The predicted octanol–water partition coefficient (Wildman–Crippen LogP) is -1.02. The Kier molecular flexibility index (Phi) is 0.892. The van der Waals surface area contributed by atoms with E-state index in [0.717, 1.165) is 11.3 Å². The third kappa shape index (κ3) is 0.826. The van der Waals surface area contributed by atoms with E-state index in [1.807, 2.05) is 20.8 Å². The summed E-state index contributed by atoms with van der Waals surface area (Å²) in [5, 5.41) is 6.71. The van der Waals surface area contributed by atoms with Crippen LogP contribution in [0.25, 0.3) is 0 Å². The van der Waals surface area contributed by atoms with Crippen molar-refractivity contribution in [1.82, 2.24) is 10.2 Å². The standard InChI is InChI=1S/C4H7BN2/c1-3-2-4(5)7-6-3/h2H,5H2,1H3,(H,6,7). The first-order valence-electron chi connectivity index (χ1n) is 2.27. The average molecular weight is 93.9 g/mol. The molecule has 1 rings (SSSR count). The molecule has 7 heavy (non-hydrogen) atoms. The number of rotatable bonds is 0. The first-order valence-corrected chi connectivity index (χ1v) is 2.27. The van der Waals surface area contributed by atoms with Crippen LogP contribution in [0.15, 0.2) is 6.07 Å². The summed E-state index contributed by atoms with van der Waals surface area (Å²) < 4.78 is 0. The van der Waals surface area contributed by atoms with Crippen molar-refractivity contribution in [1.29, 1.82) is 0 Å². The maximum absolute atomic E-state index is 3.89. The topological polar surface area (TPSA) is 28.7 Å². The molecule has 3 heteroatoms. The Morgan fingerprint density at radius 1 is 1.86 bits per heavy atom. The Morgan fingerprint density at radius 2 is 2.57 bits per heavy atom. The average Bonchev–Trinajstić information content (AvgIpc) is 1.87. The molecule has 0 atom stereocenters. The zero-order valence-electron chi connectivity index (χ0n) is 4.52. The molecule has 0 spiro atoms. The molecule has 0 aliphatic rings. The largest absolute Gasteiger partial charge is 0.292 e. The number of nitrogens with zero attached hydrogens (tertiary/aromatic N) is 1. The van der Waals surface area contributed by atoms with E-state index in [4.69, 9.17) is 0 Å². The molecule has 1 aromatic rings. The first kappa shape index (κ1) is 4.43. The highest BCUT2D eigenvalue weighted by Crippen LogP contribution is 1.79. The summed E-state index contributed by atoms with van der Waals surface area (Å²) >= 11 is 0. The first-order chi connectivity index (χ1) is 3.29. The summed E-state index contributed by atoms with van der Waals surface area (Å²) in [5.41, 5.74) is 2.18. The Morgan fingerprint density at radius 3 is 2.71 bits per heavy atom. The molecule has 1 heterocycles. The summed E-state index contributed by atoms with van der Waals surface area (Å²) in [4.78, 5) is 0. The van der Waals surface area contributed by atoms with Crippen molar-refractivity contribution in [2.75, 3.05) is 0 Å². The van der Waals surface area contributed by atoms with Gasteiger partial charge in [0.25, 0.3) is 0 Å². The van der Waals surface area contributed by atoms with Crippen LogP contribution in [0.4, 0.5) is 0 Å². The molecule has 0 aliphatic heterocycles. The fraction of sp³-hybridized carbons (Fsp3) is 0.250. The van der Waals surface area contributed by atoms with E-state index in [-0.39, 0.29) is 0 Å². The molecule has 1 N–H and O–H groups in total. The van der Waals surface area contributed by atoms with E-state index in [2.05, 4.69) is 10.2 Å². The molecule has 0 amide bonds. The second-order valence-corrected chi connectivity index (χ2v) is 1.69. The van der Waals surface area contributed by atoms with E-state index < -0.39 is 0 Å². The lowest BCUT2D eigenvalue weighted by Gasteiger charge is -1.67. The van der Waals surface area contributed by atoms with Gasteiger partial charge in [-0.15, -0.1) is 0 Å². The second-order valence-electron chi connectivity index (χ2n) is 1.69. The number of aromatic amines is 1. The van der Waals surface area contributed by atoms with Gasteiger partial charge < -0.3 is 0 Å². The third-order valence-corrected chi connectivity index (χ3v) is 0.834. The van der Waals surface area contributed by atoms with Gasteiger partial charge in [0.2, 0.25) is 0 Å². The van der Waals surface area contributed by atoms with Crippen molar-refractivity contribution in [3.8, 4) is 0 Å². The third-order valence-electron chi connectivity index (χ3n) is 0.834. The van der Waals surface area contributed by atoms with Crippen LogP contribution in [0.1, 0.15) is 5.69 Å². The van der Waals surface area contributed by atoms with E-state index in [0.29, 0.717) is 0 Å². The van der Waals surface area contributed by atoms with Crippen molar-refractivity contribution in [2.24, 2.45) is 0 Å². The lowest BCUT2D eigenvalue weighted by molar-refractivity contribution is 1.06. The van der Waals surface area contributed by atoms with E-state index in [1.54, 1.807) is 0 Å². The maximum Gasteiger partial charge on any atom is 0.163 e. The lowest BCUT2D eigenvalue weighted by atomic mass is 10.1. The van der Waals surface area contributed by atoms with Crippen LogP contribution in [0.2, 0.25) is 0 Å². The molecule has 0 aliphatic carbocycles. The molecule has 2 nitrogen and oxygen atoms in total. The molecule has 0 aromatic carbocycles. The Bertz CT molecular complexity index is 142. The Balaban J connectivity index is 3.04. The summed E-state index contributed by atoms with van der Waals surface area (Å²) in [6.07, 6.45) is 0. The highest BCUT2D eigenvalue weighted by atomic mass is 15.1. The molecule has 0 saturated heterocycles. The van der Waals surface area contributed by atoms with Crippen LogP contribution < -0.4 is 5.59 Å². The second kappa shape index (κ2) is 1.41. The van der Waals surface area contributed by atoms with Gasteiger partial charge in [0.1, 0.15) is 0 Å². The van der Waals surface area contributed by atoms with Crippen LogP contribution >= 0.6 is 0 Å². The molecule has 0 radical (unpaired) electrons. The lowest BCUT2D eigenvalue weighted by Crippen LogP contribution is -2.00. The minimum atomic E-state index is 1.05. The SMILES string of the molecule is Bc1cc(C)n[nH]1. The quantitative estimate of drug-likeness (QED) is 0.409. The Labute approximate surface area is 43.3 Å². The summed E-state index contributed by atoms with van der Waals surface area (Å²) in [6, 6.07) is 2.00. The van der Waals surface area contributed by atoms with Gasteiger partial charge in [0.05, 0.1) is 5.69 Å². The zero-order valence-corrected chi connectivity index (χ0v) is 4.52. The van der Waals surface area contributed by atoms with E-state index >= 15 is 0 Å². The van der Waals surface area contributed by atoms with Crippen LogP contribution in [0, 0.1) is 6.92 Å². The minimum Gasteiger partial charge on any atom is -0.292 e. The summed E-state index contributed by atoms with van der Waals surface area (Å²) in [6.45, 7) is 1.96. The number of hydrogen-bond acceptors (Lipinski definition) is 1. The maximum atomic E-state index is 3.89. The molecule has 0 fully saturated rings. The summed E-state index contributed by atoms with van der Waals surface area (Å²) in [7, 11) is 1.99. The highest BCUT2D eigenvalue weighted by molar-refractivity contribution is 6.30. The number of nitrogens with one attached hydrogen (secondary N) is 1. The fourth-order valence-corrected chi connectivity index (χ4v) is 0.554. The Hall–Kier alpha value is -0.725. The zero-order chi connectivity index (χ0) is 5.28. The van der Waals surface area contributed by atoms with Crippen molar-refractivity contribution < 1.29 is 0 Å². The van der Waals surface area contributed by atoms with Crippen molar-refractivity contribution in [3.63, 3.8) is 0 Å². The number of aryl methyl sites for hydroxylation is 1. The van der Waals surface area contributed by atoms with Gasteiger partial charge in [-0.2, -0.15) is 5.10 Å². The monoisotopic (exact) mass is 94.1 g/mol. The summed E-state index contributed by atoms with van der Waals surface area (Å²) in [5.74, 6) is 0. The molecule has 0 saturated carbocycles. The van der Waals surface area contributed by atoms with Gasteiger partial charge in [0.15, 0.2) is 7.85 Å². The van der Waals surface area contributed by atoms with Crippen LogP contribution in [0.5, 0.6) is 0 Å². The van der Waals surface area contributed by atoms with Crippen molar-refractivity contribution >= 4 is 13.4 Å². The van der Waals surface area contributed by atoms with Crippen molar-refractivity contribution in [2.45, 2.75) is 6.92 Å². The van der Waals surface area contributed by atoms with Crippen LogP contribution in [-0.4, -0.2) is 18.0 Å². The molecule has 0 unspecified atom stereocenters. The van der Waals surface area contributed by atoms with Gasteiger partial charge in [-0.25, -0.2) is 0 Å². The predicted molar refractivity (Wildman–Crippen MR) is 31.5 cm³/mol. The number of hydrogen-bond donors (Lipinski definition) is 1. The molecular weight excluding hydrogens is 86.9 g/mol.